The number of aryl methyl sites for hydroxylation is 1. The zero-order chi connectivity index (χ0) is 17.5. The number of esters is 1. The van der Waals surface area contributed by atoms with Crippen molar-refractivity contribution in [3.63, 3.8) is 0 Å². The van der Waals surface area contributed by atoms with E-state index in [0.717, 1.165) is 28.3 Å². The molecule has 4 nitrogen and oxygen atoms in total. The van der Waals surface area contributed by atoms with E-state index in [-0.39, 0.29) is 12.8 Å². The first-order valence-corrected chi connectivity index (χ1v) is 8.20. The van der Waals surface area contributed by atoms with E-state index < -0.39 is 0 Å². The van der Waals surface area contributed by atoms with Crippen molar-refractivity contribution in [1.29, 1.82) is 0 Å². The molecule has 0 bridgehead atoms. The largest absolute Gasteiger partial charge is 0.465 e. The number of halogens is 1. The lowest BCUT2D eigenvalue weighted by atomic mass is 9.97. The Bertz CT molecular complexity index is 753. The fourth-order valence-electron chi connectivity index (χ4n) is 2.55. The van der Waals surface area contributed by atoms with Gasteiger partial charge in [0.15, 0.2) is 6.79 Å². The maximum Gasteiger partial charge on any atom is 0.330 e. The second-order valence-electron chi connectivity index (χ2n) is 5.11. The van der Waals surface area contributed by atoms with Crippen molar-refractivity contribution in [2.24, 2.45) is 0 Å². The van der Waals surface area contributed by atoms with Gasteiger partial charge in [0.25, 0.3) is 0 Å². The second-order valence-corrected chi connectivity index (χ2v) is 5.51. The van der Waals surface area contributed by atoms with Crippen molar-refractivity contribution < 1.29 is 19.0 Å². The van der Waals surface area contributed by atoms with E-state index in [1.807, 2.05) is 18.2 Å². The molecule has 24 heavy (non-hydrogen) atoms. The standard InChI is InChI=1S/C19H21ClO4/c1-4-13-7-6-8-15-14(9-10-17(21)23-5-2)11-16(20)19(18(13)15)24-12-22-3/h6-11H,4-5,12H2,1-3H3/b10-9-. The van der Waals surface area contributed by atoms with Crippen molar-refractivity contribution in [1.82, 2.24) is 0 Å². The van der Waals surface area contributed by atoms with Crippen LogP contribution in [0, 0.1) is 0 Å². The SMILES string of the molecule is CCOC(=O)/C=C\c1cc(Cl)c(OCOC)c2c(CC)cccc12. The highest BCUT2D eigenvalue weighted by Gasteiger charge is 2.14. The first-order chi connectivity index (χ1) is 11.6. The van der Waals surface area contributed by atoms with Crippen LogP contribution in [0.5, 0.6) is 5.75 Å². The van der Waals surface area contributed by atoms with Gasteiger partial charge in [0, 0.05) is 18.6 Å². The van der Waals surface area contributed by atoms with Crippen LogP contribution in [0.25, 0.3) is 16.8 Å². The van der Waals surface area contributed by atoms with Gasteiger partial charge in [0.05, 0.1) is 11.6 Å². The number of rotatable bonds is 7. The number of ether oxygens (including phenoxy) is 3. The lowest BCUT2D eigenvalue weighted by molar-refractivity contribution is -0.137. The molecule has 0 aliphatic heterocycles. The fraction of sp³-hybridized carbons (Fsp3) is 0.316. The van der Waals surface area contributed by atoms with Gasteiger partial charge in [-0.3, -0.25) is 0 Å². The maximum atomic E-state index is 11.6. The Morgan fingerprint density at radius 1 is 1.29 bits per heavy atom. The van der Waals surface area contributed by atoms with Crippen molar-refractivity contribution in [2.45, 2.75) is 20.3 Å². The fourth-order valence-corrected chi connectivity index (χ4v) is 2.81. The van der Waals surface area contributed by atoms with Crippen LogP contribution in [0.4, 0.5) is 0 Å². The third kappa shape index (κ3) is 4.08. The van der Waals surface area contributed by atoms with Crippen molar-refractivity contribution in [3.8, 4) is 5.75 Å². The summed E-state index contributed by atoms with van der Waals surface area (Å²) in [5.74, 6) is 0.215. The van der Waals surface area contributed by atoms with Crippen molar-refractivity contribution in [3.05, 3.63) is 46.5 Å². The van der Waals surface area contributed by atoms with Gasteiger partial charge in [-0.1, -0.05) is 36.7 Å². The first-order valence-electron chi connectivity index (χ1n) is 7.83. The molecule has 0 amide bonds. The number of methoxy groups -OCH3 is 1. The molecule has 0 unspecified atom stereocenters. The average Bonchev–Trinajstić information content (AvgIpc) is 2.58. The normalized spacial score (nSPS) is 11.2. The van der Waals surface area contributed by atoms with Gasteiger partial charge in [-0.2, -0.15) is 0 Å². The number of carbonyl (C=O) groups is 1. The van der Waals surface area contributed by atoms with E-state index >= 15 is 0 Å². The van der Waals surface area contributed by atoms with Crippen LogP contribution < -0.4 is 4.74 Å². The molecule has 2 aromatic carbocycles. The summed E-state index contributed by atoms with van der Waals surface area (Å²) in [6.07, 6.45) is 3.96. The molecule has 0 saturated heterocycles. The van der Waals surface area contributed by atoms with Crippen LogP contribution in [0.15, 0.2) is 30.3 Å². The summed E-state index contributed by atoms with van der Waals surface area (Å²) in [6, 6.07) is 7.79. The zero-order valence-corrected chi connectivity index (χ0v) is 14.9. The minimum absolute atomic E-state index is 0.116. The molecule has 5 heteroatoms. The summed E-state index contributed by atoms with van der Waals surface area (Å²) >= 11 is 6.42. The number of fused-ring (bicyclic) bond motifs is 1. The Kier molecular flexibility index (Phi) is 6.64. The Morgan fingerprint density at radius 3 is 2.75 bits per heavy atom. The second kappa shape index (κ2) is 8.71. The Labute approximate surface area is 147 Å². The first kappa shape index (κ1) is 18.3. The van der Waals surface area contributed by atoms with Crippen molar-refractivity contribution in [2.75, 3.05) is 20.5 Å². The molecule has 0 N–H and O–H groups in total. The van der Waals surface area contributed by atoms with Crippen LogP contribution in [-0.4, -0.2) is 26.5 Å². The van der Waals surface area contributed by atoms with E-state index in [1.54, 1.807) is 26.2 Å². The molecule has 0 aromatic heterocycles. The molecular weight excluding hydrogens is 328 g/mol. The zero-order valence-electron chi connectivity index (χ0n) is 14.1. The predicted molar refractivity (Wildman–Crippen MR) is 96.5 cm³/mol. The maximum absolute atomic E-state index is 11.6. The number of benzene rings is 2. The molecule has 0 aliphatic rings. The van der Waals surface area contributed by atoms with Crippen LogP contribution in [0.3, 0.4) is 0 Å². The smallest absolute Gasteiger partial charge is 0.330 e. The van der Waals surface area contributed by atoms with Gasteiger partial charge < -0.3 is 14.2 Å². The molecular formula is C19H21ClO4. The topological polar surface area (TPSA) is 44.8 Å². The van der Waals surface area contributed by atoms with Crippen LogP contribution in [-0.2, 0) is 20.7 Å². The molecule has 0 spiro atoms. The Hall–Kier alpha value is -2.04. The molecule has 0 saturated carbocycles. The summed E-state index contributed by atoms with van der Waals surface area (Å²) < 4.78 is 15.6. The summed E-state index contributed by atoms with van der Waals surface area (Å²) in [6.45, 7) is 4.30. The van der Waals surface area contributed by atoms with Gasteiger partial charge in [0.1, 0.15) is 5.75 Å². The van der Waals surface area contributed by atoms with Gasteiger partial charge in [-0.15, -0.1) is 0 Å². The van der Waals surface area contributed by atoms with Gasteiger partial charge in [-0.05, 0) is 42.0 Å². The quantitative estimate of drug-likeness (QED) is 0.416. The van der Waals surface area contributed by atoms with Gasteiger partial charge in [-0.25, -0.2) is 4.79 Å². The molecule has 0 atom stereocenters. The van der Waals surface area contributed by atoms with Gasteiger partial charge in [0.2, 0.25) is 0 Å². The molecule has 0 radical (unpaired) electrons. The van der Waals surface area contributed by atoms with E-state index in [1.165, 1.54) is 6.08 Å². The highest BCUT2D eigenvalue weighted by atomic mass is 35.5. The molecule has 128 valence electrons. The summed E-state index contributed by atoms with van der Waals surface area (Å²) in [5.41, 5.74) is 1.95. The minimum Gasteiger partial charge on any atom is -0.465 e. The molecule has 2 rings (SSSR count). The Balaban J connectivity index is 2.60. The summed E-state index contributed by atoms with van der Waals surface area (Å²) in [5, 5.41) is 2.38. The molecule has 0 heterocycles. The van der Waals surface area contributed by atoms with Crippen molar-refractivity contribution >= 4 is 34.4 Å². The van der Waals surface area contributed by atoms with E-state index in [4.69, 9.17) is 25.8 Å². The monoisotopic (exact) mass is 348 g/mol. The van der Waals surface area contributed by atoms with Crippen LogP contribution >= 0.6 is 11.6 Å². The average molecular weight is 349 g/mol. The summed E-state index contributed by atoms with van der Waals surface area (Å²) in [7, 11) is 1.56. The highest BCUT2D eigenvalue weighted by molar-refractivity contribution is 6.33. The molecule has 2 aromatic rings. The number of hydrogen-bond donors (Lipinski definition) is 0. The van der Waals surface area contributed by atoms with E-state index in [2.05, 4.69) is 6.92 Å². The Morgan fingerprint density at radius 2 is 2.08 bits per heavy atom. The van der Waals surface area contributed by atoms with E-state index in [9.17, 15) is 4.79 Å². The number of hydrogen-bond acceptors (Lipinski definition) is 4. The third-order valence-corrected chi connectivity index (χ3v) is 3.86. The predicted octanol–water partition coefficient (Wildman–Crippen LogP) is 4.61. The van der Waals surface area contributed by atoms with E-state index in [0.29, 0.717) is 17.4 Å². The minimum atomic E-state index is -0.381. The van der Waals surface area contributed by atoms with Crippen LogP contribution in [0.1, 0.15) is 25.0 Å². The lowest BCUT2D eigenvalue weighted by Gasteiger charge is -2.15. The number of carbonyl (C=O) groups excluding carboxylic acids is 1. The summed E-state index contributed by atoms with van der Waals surface area (Å²) in [4.78, 5) is 11.6. The third-order valence-electron chi connectivity index (χ3n) is 3.58. The van der Waals surface area contributed by atoms with Gasteiger partial charge >= 0.3 is 5.97 Å². The highest BCUT2D eigenvalue weighted by Crippen LogP contribution is 2.39. The molecule has 0 aliphatic carbocycles. The lowest BCUT2D eigenvalue weighted by Crippen LogP contribution is -2.02. The van der Waals surface area contributed by atoms with Crippen LogP contribution in [0.2, 0.25) is 5.02 Å². The molecule has 0 fully saturated rings.